The fraction of sp³-hybridized carbons (Fsp3) is 0.800. The van der Waals surface area contributed by atoms with Crippen molar-refractivity contribution in [3.8, 4) is 0 Å². The first-order valence-corrected chi connectivity index (χ1v) is 7.54. The summed E-state index contributed by atoms with van der Waals surface area (Å²) in [6, 6.07) is -1.47. The van der Waals surface area contributed by atoms with Gasteiger partial charge < -0.3 is 14.4 Å². The van der Waals surface area contributed by atoms with E-state index in [1.807, 2.05) is 0 Å². The lowest BCUT2D eigenvalue weighted by atomic mass is 9.86. The SMILES string of the molecule is COC(=O)C[C@@H]1CCCN(C(=O)C(F)(F)F)[C@@H]1C(=O)OC(C)(C)C. The van der Waals surface area contributed by atoms with Gasteiger partial charge >= 0.3 is 24.0 Å². The predicted octanol–water partition coefficient (Wildman–Crippen LogP) is 2.06. The number of amides is 1. The molecule has 9 heteroatoms. The van der Waals surface area contributed by atoms with Crippen LogP contribution >= 0.6 is 0 Å². The number of rotatable bonds is 3. The van der Waals surface area contributed by atoms with Gasteiger partial charge in [-0.2, -0.15) is 13.2 Å². The van der Waals surface area contributed by atoms with Gasteiger partial charge in [-0.05, 0) is 33.6 Å². The Balaban J connectivity index is 3.13. The van der Waals surface area contributed by atoms with Crippen molar-refractivity contribution >= 4 is 17.8 Å². The van der Waals surface area contributed by atoms with E-state index in [4.69, 9.17) is 4.74 Å². The third-order valence-electron chi connectivity index (χ3n) is 3.56. The molecule has 0 aromatic carbocycles. The molecule has 6 nitrogen and oxygen atoms in total. The molecule has 0 spiro atoms. The summed E-state index contributed by atoms with van der Waals surface area (Å²) >= 11 is 0. The van der Waals surface area contributed by atoms with Gasteiger partial charge in [-0.15, -0.1) is 0 Å². The van der Waals surface area contributed by atoms with E-state index in [0.29, 0.717) is 11.3 Å². The van der Waals surface area contributed by atoms with Gasteiger partial charge in [0.05, 0.1) is 13.5 Å². The molecule has 0 N–H and O–H groups in total. The third kappa shape index (κ3) is 5.38. The topological polar surface area (TPSA) is 72.9 Å². The molecule has 0 aromatic rings. The Morgan fingerprint density at radius 2 is 1.75 bits per heavy atom. The van der Waals surface area contributed by atoms with E-state index in [-0.39, 0.29) is 19.4 Å². The molecule has 0 bridgehead atoms. The number of alkyl halides is 3. The van der Waals surface area contributed by atoms with Crippen molar-refractivity contribution in [3.63, 3.8) is 0 Å². The van der Waals surface area contributed by atoms with Crippen LogP contribution in [-0.2, 0) is 23.9 Å². The average molecular weight is 353 g/mol. The van der Waals surface area contributed by atoms with Gasteiger partial charge in [0.15, 0.2) is 0 Å². The number of methoxy groups -OCH3 is 1. The molecule has 0 unspecified atom stereocenters. The standard InChI is InChI=1S/C15H22F3NO5/c1-14(2,3)24-12(21)11-9(8-10(20)23-4)6-5-7-19(11)13(22)15(16,17)18/h9,11H,5-8H2,1-4H3/t9-,11-/m0/s1. The Kier molecular flexibility index (Phi) is 6.24. The number of nitrogens with zero attached hydrogens (tertiary/aromatic N) is 1. The fourth-order valence-corrected chi connectivity index (χ4v) is 2.66. The zero-order valence-corrected chi connectivity index (χ0v) is 14.1. The van der Waals surface area contributed by atoms with Crippen molar-refractivity contribution in [3.05, 3.63) is 0 Å². The number of hydrogen-bond acceptors (Lipinski definition) is 5. The van der Waals surface area contributed by atoms with Gasteiger partial charge in [0.1, 0.15) is 11.6 Å². The summed E-state index contributed by atoms with van der Waals surface area (Å²) in [6.45, 7) is 4.48. The molecule has 1 rings (SSSR count). The van der Waals surface area contributed by atoms with Gasteiger partial charge in [0, 0.05) is 12.5 Å². The van der Waals surface area contributed by atoms with Crippen molar-refractivity contribution in [1.82, 2.24) is 4.90 Å². The second kappa shape index (κ2) is 7.40. The zero-order valence-electron chi connectivity index (χ0n) is 14.1. The minimum atomic E-state index is -5.10. The highest BCUT2D eigenvalue weighted by atomic mass is 19.4. The Morgan fingerprint density at radius 1 is 1.17 bits per heavy atom. The highest BCUT2D eigenvalue weighted by molar-refractivity contribution is 5.88. The maximum absolute atomic E-state index is 12.8. The molecule has 1 aliphatic rings. The van der Waals surface area contributed by atoms with Crippen molar-refractivity contribution in [2.45, 2.75) is 57.9 Å². The van der Waals surface area contributed by atoms with E-state index >= 15 is 0 Å². The first kappa shape index (κ1) is 20.2. The average Bonchev–Trinajstić information content (AvgIpc) is 2.43. The minimum absolute atomic E-state index is 0.222. The smallest absolute Gasteiger partial charge is 0.469 e. The number of piperidine rings is 1. The highest BCUT2D eigenvalue weighted by Crippen LogP contribution is 2.32. The molecule has 2 atom stereocenters. The summed E-state index contributed by atoms with van der Waals surface area (Å²) in [5.74, 6) is -4.50. The number of esters is 2. The third-order valence-corrected chi connectivity index (χ3v) is 3.56. The fourth-order valence-electron chi connectivity index (χ4n) is 2.66. The Hall–Kier alpha value is -1.80. The summed E-state index contributed by atoms with van der Waals surface area (Å²) in [6.07, 6.45) is -4.79. The van der Waals surface area contributed by atoms with Gasteiger partial charge in [-0.1, -0.05) is 0 Å². The number of hydrogen-bond donors (Lipinski definition) is 0. The Bertz CT molecular complexity index is 498. The van der Waals surface area contributed by atoms with Gasteiger partial charge in [-0.3, -0.25) is 9.59 Å². The quantitative estimate of drug-likeness (QED) is 0.726. The molecule has 138 valence electrons. The van der Waals surface area contributed by atoms with Crippen LogP contribution in [0.5, 0.6) is 0 Å². The Labute approximate surface area is 138 Å². The van der Waals surface area contributed by atoms with Crippen molar-refractivity contribution in [2.24, 2.45) is 5.92 Å². The first-order chi connectivity index (χ1) is 10.9. The largest absolute Gasteiger partial charge is 0.471 e. The molecule has 0 radical (unpaired) electrons. The molecular weight excluding hydrogens is 331 g/mol. The van der Waals surface area contributed by atoms with Crippen molar-refractivity contribution in [2.75, 3.05) is 13.7 Å². The van der Waals surface area contributed by atoms with E-state index in [1.165, 1.54) is 0 Å². The summed E-state index contributed by atoms with van der Waals surface area (Å²) in [7, 11) is 1.15. The molecular formula is C15H22F3NO5. The zero-order chi connectivity index (χ0) is 18.7. The second-order valence-electron chi connectivity index (χ2n) is 6.66. The number of halogens is 3. The summed E-state index contributed by atoms with van der Waals surface area (Å²) in [5, 5.41) is 0. The molecule has 0 aromatic heterocycles. The van der Waals surface area contributed by atoms with E-state index in [9.17, 15) is 27.6 Å². The number of likely N-dealkylation sites (tertiary alicyclic amines) is 1. The first-order valence-electron chi connectivity index (χ1n) is 7.54. The van der Waals surface area contributed by atoms with Crippen LogP contribution in [0.2, 0.25) is 0 Å². The van der Waals surface area contributed by atoms with Crippen LogP contribution in [-0.4, -0.2) is 54.2 Å². The van der Waals surface area contributed by atoms with Gasteiger partial charge in [-0.25, -0.2) is 4.79 Å². The highest BCUT2D eigenvalue weighted by Gasteiger charge is 2.50. The molecule has 1 saturated heterocycles. The number of carbonyl (C=O) groups is 3. The van der Waals surface area contributed by atoms with Gasteiger partial charge in [0.25, 0.3) is 0 Å². The Morgan fingerprint density at radius 3 is 2.21 bits per heavy atom. The summed E-state index contributed by atoms with van der Waals surface area (Å²) in [4.78, 5) is 36.0. The van der Waals surface area contributed by atoms with Crippen LogP contribution in [0.4, 0.5) is 13.2 Å². The van der Waals surface area contributed by atoms with Crippen LogP contribution < -0.4 is 0 Å². The van der Waals surface area contributed by atoms with Crippen LogP contribution in [0.3, 0.4) is 0 Å². The summed E-state index contributed by atoms with van der Waals surface area (Å²) in [5.41, 5.74) is -0.933. The molecule has 0 saturated carbocycles. The lowest BCUT2D eigenvalue weighted by molar-refractivity contribution is -0.196. The van der Waals surface area contributed by atoms with Crippen molar-refractivity contribution < 1.29 is 37.0 Å². The van der Waals surface area contributed by atoms with Crippen LogP contribution in [0.25, 0.3) is 0 Å². The molecule has 1 amide bonds. The number of ether oxygens (including phenoxy) is 2. The maximum Gasteiger partial charge on any atom is 0.471 e. The predicted molar refractivity (Wildman–Crippen MR) is 76.8 cm³/mol. The van der Waals surface area contributed by atoms with E-state index in [1.54, 1.807) is 20.8 Å². The molecule has 0 aliphatic carbocycles. The van der Waals surface area contributed by atoms with E-state index in [2.05, 4.69) is 4.74 Å². The molecule has 1 fully saturated rings. The minimum Gasteiger partial charge on any atom is -0.469 e. The monoisotopic (exact) mass is 353 g/mol. The van der Waals surface area contributed by atoms with Crippen LogP contribution in [0.1, 0.15) is 40.0 Å². The molecule has 1 aliphatic heterocycles. The van der Waals surface area contributed by atoms with Crippen LogP contribution in [0, 0.1) is 5.92 Å². The lowest BCUT2D eigenvalue weighted by Crippen LogP contribution is -2.57. The lowest BCUT2D eigenvalue weighted by Gasteiger charge is -2.40. The maximum atomic E-state index is 12.8. The second-order valence-corrected chi connectivity index (χ2v) is 6.66. The van der Waals surface area contributed by atoms with Crippen molar-refractivity contribution in [1.29, 1.82) is 0 Å². The van der Waals surface area contributed by atoms with E-state index < -0.39 is 41.6 Å². The molecule has 1 heterocycles. The molecule has 24 heavy (non-hydrogen) atoms. The number of carbonyl (C=O) groups excluding carboxylic acids is 3. The van der Waals surface area contributed by atoms with Crippen LogP contribution in [0.15, 0.2) is 0 Å². The summed E-state index contributed by atoms with van der Waals surface area (Å²) < 4.78 is 48.2. The van der Waals surface area contributed by atoms with E-state index in [0.717, 1.165) is 7.11 Å². The van der Waals surface area contributed by atoms with Gasteiger partial charge in [0.2, 0.25) is 0 Å². The normalized spacial score (nSPS) is 22.0.